The predicted octanol–water partition coefficient (Wildman–Crippen LogP) is 1.73. The van der Waals surface area contributed by atoms with Gasteiger partial charge < -0.3 is 5.11 Å². The van der Waals surface area contributed by atoms with Crippen LogP contribution in [0, 0.1) is 12.3 Å². The number of hydrogen-bond donors (Lipinski definition) is 1. The summed E-state index contributed by atoms with van der Waals surface area (Å²) < 4.78 is 0. The van der Waals surface area contributed by atoms with Gasteiger partial charge in [0.05, 0.1) is 0 Å². The molecular formula is C9H14O. The standard InChI is InChI=1S/C9H14O/c1-4-6-8(3)7-9(10)5-2/h2,9-10H,3-4,6-7H2,1H3. The highest BCUT2D eigenvalue weighted by atomic mass is 16.3. The van der Waals surface area contributed by atoms with E-state index >= 15 is 0 Å². The van der Waals surface area contributed by atoms with Gasteiger partial charge >= 0.3 is 0 Å². The molecule has 0 aromatic carbocycles. The molecule has 0 bridgehead atoms. The van der Waals surface area contributed by atoms with Crippen LogP contribution in [0.4, 0.5) is 0 Å². The van der Waals surface area contributed by atoms with Crippen molar-refractivity contribution in [1.29, 1.82) is 0 Å². The second kappa shape index (κ2) is 5.08. The molecule has 0 aliphatic carbocycles. The molecule has 0 heterocycles. The number of aliphatic hydroxyl groups is 1. The van der Waals surface area contributed by atoms with Crippen LogP contribution in [0.15, 0.2) is 12.2 Å². The highest BCUT2D eigenvalue weighted by Crippen LogP contribution is 2.08. The fourth-order valence-corrected chi connectivity index (χ4v) is 0.788. The molecular weight excluding hydrogens is 124 g/mol. The Bertz CT molecular complexity index is 141. The van der Waals surface area contributed by atoms with Gasteiger partial charge in [-0.2, -0.15) is 0 Å². The van der Waals surface area contributed by atoms with E-state index in [9.17, 15) is 0 Å². The quantitative estimate of drug-likeness (QED) is 0.463. The first kappa shape index (κ1) is 9.26. The van der Waals surface area contributed by atoms with Crippen LogP contribution in [0.5, 0.6) is 0 Å². The SMILES string of the molecule is C#CC(O)CC(=C)CCC. The molecule has 0 saturated carbocycles. The Labute approximate surface area is 62.8 Å². The van der Waals surface area contributed by atoms with Gasteiger partial charge in [-0.1, -0.05) is 31.4 Å². The molecule has 0 spiro atoms. The Morgan fingerprint density at radius 2 is 2.40 bits per heavy atom. The van der Waals surface area contributed by atoms with E-state index in [1.807, 2.05) is 0 Å². The smallest absolute Gasteiger partial charge is 0.118 e. The van der Waals surface area contributed by atoms with Crippen LogP contribution in [0.2, 0.25) is 0 Å². The molecule has 1 atom stereocenters. The third kappa shape index (κ3) is 4.17. The van der Waals surface area contributed by atoms with Gasteiger partial charge in [-0.15, -0.1) is 6.42 Å². The lowest BCUT2D eigenvalue weighted by atomic mass is 10.1. The molecule has 10 heavy (non-hydrogen) atoms. The lowest BCUT2D eigenvalue weighted by Crippen LogP contribution is -2.02. The first-order valence-electron chi connectivity index (χ1n) is 3.51. The lowest BCUT2D eigenvalue weighted by molar-refractivity contribution is 0.232. The van der Waals surface area contributed by atoms with Gasteiger partial charge in [0.2, 0.25) is 0 Å². The minimum atomic E-state index is -0.640. The summed E-state index contributed by atoms with van der Waals surface area (Å²) in [6, 6.07) is 0. The minimum Gasteiger partial charge on any atom is -0.380 e. The zero-order valence-corrected chi connectivity index (χ0v) is 6.43. The average molecular weight is 138 g/mol. The van der Waals surface area contributed by atoms with Gasteiger partial charge in [0, 0.05) is 6.42 Å². The number of aliphatic hydroxyl groups excluding tert-OH is 1. The lowest BCUT2D eigenvalue weighted by Gasteiger charge is -2.04. The van der Waals surface area contributed by atoms with Crippen molar-refractivity contribution in [3.05, 3.63) is 12.2 Å². The summed E-state index contributed by atoms with van der Waals surface area (Å²) in [5.74, 6) is 2.25. The van der Waals surface area contributed by atoms with Gasteiger partial charge in [-0.3, -0.25) is 0 Å². The molecule has 1 N–H and O–H groups in total. The Kier molecular flexibility index (Phi) is 4.70. The monoisotopic (exact) mass is 138 g/mol. The minimum absolute atomic E-state index is 0.546. The van der Waals surface area contributed by atoms with Crippen LogP contribution >= 0.6 is 0 Å². The average Bonchev–Trinajstić information content (AvgIpc) is 1.88. The van der Waals surface area contributed by atoms with Crippen molar-refractivity contribution < 1.29 is 5.11 Å². The van der Waals surface area contributed by atoms with E-state index in [1.165, 1.54) is 0 Å². The maximum absolute atomic E-state index is 8.96. The molecule has 0 radical (unpaired) electrons. The second-order valence-corrected chi connectivity index (χ2v) is 2.39. The van der Waals surface area contributed by atoms with E-state index in [2.05, 4.69) is 19.4 Å². The molecule has 1 unspecified atom stereocenters. The Hall–Kier alpha value is -0.740. The maximum atomic E-state index is 8.96. The van der Waals surface area contributed by atoms with Crippen molar-refractivity contribution in [3.8, 4) is 12.3 Å². The van der Waals surface area contributed by atoms with Gasteiger partial charge in [0.1, 0.15) is 6.10 Å². The normalized spacial score (nSPS) is 12.1. The number of hydrogen-bond acceptors (Lipinski definition) is 1. The molecule has 1 heteroatoms. The number of rotatable bonds is 4. The second-order valence-electron chi connectivity index (χ2n) is 2.39. The fraction of sp³-hybridized carbons (Fsp3) is 0.556. The summed E-state index contributed by atoms with van der Waals surface area (Å²) in [4.78, 5) is 0. The number of terminal acetylenes is 1. The fourth-order valence-electron chi connectivity index (χ4n) is 0.788. The zero-order valence-electron chi connectivity index (χ0n) is 6.43. The zero-order chi connectivity index (χ0) is 7.98. The summed E-state index contributed by atoms with van der Waals surface area (Å²) in [5, 5.41) is 8.96. The van der Waals surface area contributed by atoms with Crippen molar-refractivity contribution in [3.63, 3.8) is 0 Å². The summed E-state index contributed by atoms with van der Waals surface area (Å²) in [5.41, 5.74) is 1.04. The molecule has 0 aromatic heterocycles. The van der Waals surface area contributed by atoms with Crippen LogP contribution in [0.25, 0.3) is 0 Å². The van der Waals surface area contributed by atoms with Crippen LogP contribution < -0.4 is 0 Å². The molecule has 0 aromatic rings. The van der Waals surface area contributed by atoms with E-state index in [4.69, 9.17) is 11.5 Å². The van der Waals surface area contributed by atoms with Crippen LogP contribution in [-0.2, 0) is 0 Å². The Morgan fingerprint density at radius 3 is 2.80 bits per heavy atom. The first-order valence-corrected chi connectivity index (χ1v) is 3.51. The third-order valence-electron chi connectivity index (χ3n) is 1.28. The molecule has 56 valence electrons. The van der Waals surface area contributed by atoms with Crippen LogP contribution in [0.3, 0.4) is 0 Å². The van der Waals surface area contributed by atoms with Crippen molar-refractivity contribution in [1.82, 2.24) is 0 Å². The van der Waals surface area contributed by atoms with E-state index in [0.29, 0.717) is 6.42 Å². The van der Waals surface area contributed by atoms with E-state index in [-0.39, 0.29) is 0 Å². The highest BCUT2D eigenvalue weighted by Gasteiger charge is 2.00. The van der Waals surface area contributed by atoms with Crippen molar-refractivity contribution in [2.45, 2.75) is 32.3 Å². The van der Waals surface area contributed by atoms with Gasteiger partial charge in [-0.05, 0) is 6.42 Å². The molecule has 0 aliphatic rings. The largest absolute Gasteiger partial charge is 0.380 e. The highest BCUT2D eigenvalue weighted by molar-refractivity contribution is 5.04. The summed E-state index contributed by atoms with van der Waals surface area (Å²) in [6.45, 7) is 5.85. The van der Waals surface area contributed by atoms with Crippen molar-refractivity contribution in [2.75, 3.05) is 0 Å². The van der Waals surface area contributed by atoms with Gasteiger partial charge in [0.15, 0.2) is 0 Å². The van der Waals surface area contributed by atoms with E-state index < -0.39 is 6.10 Å². The molecule has 0 fully saturated rings. The third-order valence-corrected chi connectivity index (χ3v) is 1.28. The molecule has 0 saturated heterocycles. The van der Waals surface area contributed by atoms with Gasteiger partial charge in [0.25, 0.3) is 0 Å². The van der Waals surface area contributed by atoms with Crippen LogP contribution in [-0.4, -0.2) is 11.2 Å². The van der Waals surface area contributed by atoms with Crippen LogP contribution in [0.1, 0.15) is 26.2 Å². The molecule has 0 amide bonds. The van der Waals surface area contributed by atoms with Gasteiger partial charge in [-0.25, -0.2) is 0 Å². The summed E-state index contributed by atoms with van der Waals surface area (Å²) in [6.07, 6.45) is 6.90. The van der Waals surface area contributed by atoms with Crippen molar-refractivity contribution in [2.24, 2.45) is 0 Å². The van der Waals surface area contributed by atoms with Crippen molar-refractivity contribution >= 4 is 0 Å². The predicted molar refractivity (Wildman–Crippen MR) is 43.5 cm³/mol. The molecule has 0 rings (SSSR count). The molecule has 1 nitrogen and oxygen atoms in total. The van der Waals surface area contributed by atoms with E-state index in [0.717, 1.165) is 18.4 Å². The Morgan fingerprint density at radius 1 is 1.80 bits per heavy atom. The Balaban J connectivity index is 3.49. The summed E-state index contributed by atoms with van der Waals surface area (Å²) in [7, 11) is 0. The maximum Gasteiger partial charge on any atom is 0.118 e. The molecule has 0 aliphatic heterocycles. The first-order chi connectivity index (χ1) is 4.70. The van der Waals surface area contributed by atoms with E-state index in [1.54, 1.807) is 0 Å². The topological polar surface area (TPSA) is 20.2 Å². The summed E-state index contributed by atoms with van der Waals surface area (Å²) >= 11 is 0.